The number of aliphatic imine (C=N–C) groups is 1. The number of aryl methyl sites for hydroxylation is 1. The van der Waals surface area contributed by atoms with Gasteiger partial charge >= 0.3 is 0 Å². The van der Waals surface area contributed by atoms with Gasteiger partial charge in [-0.3, -0.25) is 9.78 Å². The molecular formula is C22H34N6O3S. The topological polar surface area (TPSA) is 145 Å². The molecule has 32 heavy (non-hydrogen) atoms. The molecular weight excluding hydrogens is 428 g/mol. The van der Waals surface area contributed by atoms with Crippen molar-refractivity contribution in [3.63, 3.8) is 0 Å². The first-order valence-corrected chi connectivity index (χ1v) is 12.5. The normalized spacial score (nSPS) is 21.2. The number of anilines is 1. The molecule has 5 N–H and O–H groups in total. The number of nitrogens with zero attached hydrogens (tertiary/aromatic N) is 3. The van der Waals surface area contributed by atoms with Gasteiger partial charge in [0.25, 0.3) is 0 Å². The summed E-state index contributed by atoms with van der Waals surface area (Å²) in [5.74, 6) is 0.855. The first-order valence-electron chi connectivity index (χ1n) is 10.9. The van der Waals surface area contributed by atoms with Crippen LogP contribution < -0.4 is 16.2 Å². The number of hydrogen-bond donors (Lipinski definition) is 3. The highest BCUT2D eigenvalue weighted by molar-refractivity contribution is 7.96. The summed E-state index contributed by atoms with van der Waals surface area (Å²) in [7, 11) is -1.33. The monoisotopic (exact) mass is 462 g/mol. The van der Waals surface area contributed by atoms with Gasteiger partial charge in [0.05, 0.1) is 13.2 Å². The van der Waals surface area contributed by atoms with Gasteiger partial charge in [0.2, 0.25) is 12.3 Å². The molecule has 0 spiro atoms. The number of amides is 1. The van der Waals surface area contributed by atoms with Crippen molar-refractivity contribution in [2.24, 2.45) is 25.6 Å². The molecule has 0 aromatic carbocycles. The third-order valence-corrected chi connectivity index (χ3v) is 7.19. The van der Waals surface area contributed by atoms with Crippen LogP contribution in [0.1, 0.15) is 61.5 Å². The van der Waals surface area contributed by atoms with Crippen molar-refractivity contribution < 1.29 is 13.7 Å². The van der Waals surface area contributed by atoms with Crippen molar-refractivity contribution in [3.05, 3.63) is 33.6 Å². The second-order valence-electron chi connectivity index (χ2n) is 9.18. The van der Waals surface area contributed by atoms with Crippen molar-refractivity contribution in [3.8, 4) is 0 Å². The van der Waals surface area contributed by atoms with Crippen LogP contribution in [-0.2, 0) is 32.3 Å². The zero-order valence-electron chi connectivity index (χ0n) is 19.3. The predicted octanol–water partition coefficient (Wildman–Crippen LogP) is 2.54. The molecule has 176 valence electrons. The molecule has 3 aliphatic rings. The molecule has 1 unspecified atom stereocenters. The van der Waals surface area contributed by atoms with Gasteiger partial charge < -0.3 is 15.8 Å². The molecule has 0 saturated heterocycles. The number of ether oxygens (including phenoxy) is 1. The number of hydrogen-bond acceptors (Lipinski definition) is 7. The molecule has 1 fully saturated rings. The highest BCUT2D eigenvalue weighted by Gasteiger charge is 2.30. The second kappa shape index (κ2) is 9.58. The largest absolute Gasteiger partial charge is 0.476 e. The van der Waals surface area contributed by atoms with E-state index in [2.05, 4.69) is 21.6 Å². The molecule has 0 bridgehead atoms. The van der Waals surface area contributed by atoms with Crippen molar-refractivity contribution in [1.82, 2.24) is 4.98 Å². The molecule has 1 amide bonds. The summed E-state index contributed by atoms with van der Waals surface area (Å²) in [6, 6.07) is 0. The number of rotatable bonds is 5. The molecule has 9 nitrogen and oxygen atoms in total. The van der Waals surface area contributed by atoms with Crippen molar-refractivity contribution in [2.75, 3.05) is 25.5 Å². The van der Waals surface area contributed by atoms with Gasteiger partial charge in [-0.15, -0.1) is 4.36 Å². The van der Waals surface area contributed by atoms with Gasteiger partial charge in [-0.05, 0) is 50.2 Å². The molecule has 2 heterocycles. The first kappa shape index (κ1) is 24.2. The Labute approximate surface area is 190 Å². The van der Waals surface area contributed by atoms with Crippen molar-refractivity contribution in [2.45, 2.75) is 58.8 Å². The van der Waals surface area contributed by atoms with Crippen molar-refractivity contribution in [1.29, 1.82) is 0 Å². The highest BCUT2D eigenvalue weighted by Crippen LogP contribution is 2.44. The zero-order chi connectivity index (χ0) is 23.5. The van der Waals surface area contributed by atoms with E-state index in [1.165, 1.54) is 60.3 Å². The van der Waals surface area contributed by atoms with E-state index in [-0.39, 0.29) is 22.6 Å². The minimum Gasteiger partial charge on any atom is -0.476 e. The molecule has 2 aliphatic carbocycles. The number of carbonyl (C=O) groups excluding carboxylic acids is 1. The van der Waals surface area contributed by atoms with Gasteiger partial charge in [-0.25, -0.2) is 14.3 Å². The Bertz CT molecular complexity index is 1070. The maximum absolute atomic E-state index is 11.8. The van der Waals surface area contributed by atoms with Crippen LogP contribution in [0.3, 0.4) is 0 Å². The smallest absolute Gasteiger partial charge is 0.242 e. The fourth-order valence-electron chi connectivity index (χ4n) is 4.00. The number of nitrogens with two attached hydrogens (primary N) is 2. The Kier molecular flexibility index (Phi) is 7.24. The predicted molar refractivity (Wildman–Crippen MR) is 128 cm³/mol. The number of nitrogens with one attached hydrogen (secondary N) is 1. The summed E-state index contributed by atoms with van der Waals surface area (Å²) in [5.41, 5.74) is 12.2. The SMILES string of the molecule is CC1(C)CN=C(/C(=C\N)S(N)(=O)=NC=O)OC1.CNc1c(C)c(C2CC2)nc2c1CCC2. The van der Waals surface area contributed by atoms with Crippen LogP contribution in [0.2, 0.25) is 0 Å². The lowest BCUT2D eigenvalue weighted by molar-refractivity contribution is -0.106. The maximum atomic E-state index is 11.8. The third kappa shape index (κ3) is 5.29. The lowest BCUT2D eigenvalue weighted by Crippen LogP contribution is -2.34. The third-order valence-electron chi connectivity index (χ3n) is 5.85. The van der Waals surface area contributed by atoms with E-state index in [0.29, 0.717) is 13.2 Å². The van der Waals surface area contributed by atoms with Crippen LogP contribution in [0.5, 0.6) is 0 Å². The summed E-state index contributed by atoms with van der Waals surface area (Å²) < 4.78 is 20.3. The van der Waals surface area contributed by atoms with Crippen LogP contribution >= 0.6 is 0 Å². The van der Waals surface area contributed by atoms with E-state index < -0.39 is 9.92 Å². The van der Waals surface area contributed by atoms with Gasteiger partial charge in [0, 0.05) is 41.7 Å². The minimum atomic E-state index is -3.37. The second-order valence-corrected chi connectivity index (χ2v) is 11.0. The Morgan fingerprint density at radius 2 is 2.06 bits per heavy atom. The molecule has 0 radical (unpaired) electrons. The fourth-order valence-corrected chi connectivity index (χ4v) is 4.81. The summed E-state index contributed by atoms with van der Waals surface area (Å²) in [6.07, 6.45) is 7.50. The summed E-state index contributed by atoms with van der Waals surface area (Å²) in [6.45, 7) is 7.09. The number of fused-ring (bicyclic) bond motifs is 1. The van der Waals surface area contributed by atoms with Gasteiger partial charge in [0.15, 0.2) is 0 Å². The lowest BCUT2D eigenvalue weighted by Gasteiger charge is -2.28. The minimum absolute atomic E-state index is 0.0555. The first-order chi connectivity index (χ1) is 15.1. The highest BCUT2D eigenvalue weighted by atomic mass is 32.2. The maximum Gasteiger partial charge on any atom is 0.242 e. The Morgan fingerprint density at radius 3 is 2.59 bits per heavy atom. The van der Waals surface area contributed by atoms with E-state index >= 15 is 0 Å². The Morgan fingerprint density at radius 1 is 1.34 bits per heavy atom. The average molecular weight is 463 g/mol. The van der Waals surface area contributed by atoms with Crippen LogP contribution in [-0.4, -0.2) is 41.7 Å². The van der Waals surface area contributed by atoms with E-state index in [0.717, 1.165) is 12.1 Å². The van der Waals surface area contributed by atoms with Gasteiger partial charge in [-0.1, -0.05) is 13.8 Å². The van der Waals surface area contributed by atoms with E-state index in [1.807, 2.05) is 20.9 Å². The number of carbonyl (C=O) groups is 1. The van der Waals surface area contributed by atoms with Gasteiger partial charge in [-0.2, -0.15) is 0 Å². The van der Waals surface area contributed by atoms with E-state index in [4.69, 9.17) is 20.6 Å². The lowest BCUT2D eigenvalue weighted by atomic mass is 9.94. The van der Waals surface area contributed by atoms with Crippen molar-refractivity contribution >= 4 is 27.9 Å². The molecule has 10 heteroatoms. The Balaban J connectivity index is 0.000000181. The van der Waals surface area contributed by atoms with Crippen LogP contribution in [0, 0.1) is 12.3 Å². The molecule has 1 saturated carbocycles. The molecule has 1 atom stereocenters. The van der Waals surface area contributed by atoms with E-state index in [9.17, 15) is 9.00 Å². The molecule has 1 aromatic rings. The van der Waals surface area contributed by atoms with Crippen LogP contribution in [0.4, 0.5) is 5.69 Å². The number of pyridine rings is 1. The summed E-state index contributed by atoms with van der Waals surface area (Å²) >= 11 is 0. The molecule has 4 rings (SSSR count). The average Bonchev–Trinajstić information content (AvgIpc) is 3.47. The summed E-state index contributed by atoms with van der Waals surface area (Å²) in [5, 5.41) is 8.78. The molecule has 1 aromatic heterocycles. The Hall–Kier alpha value is -2.46. The zero-order valence-corrected chi connectivity index (χ0v) is 20.1. The van der Waals surface area contributed by atoms with Crippen LogP contribution in [0.25, 0.3) is 0 Å². The standard InChI is InChI=1S/C13H18N2.C9H16N4O3S/c1-8-12(9-6-7-9)15-11-5-3-4-10(11)13(8)14-2;1-9(2)4-12-8(16-5-9)7(3-10)17(11,15)13-6-14/h9H,3-7H2,1-2H3,(H,14,15);3,6H,4-5,10H2,1-2H3,(H2,11,13,14,15)/b;7-3+. The van der Waals surface area contributed by atoms with E-state index in [1.54, 1.807) is 0 Å². The molecule has 1 aliphatic heterocycles. The quantitative estimate of drug-likeness (QED) is 0.573. The number of aromatic nitrogens is 1. The van der Waals surface area contributed by atoms with Gasteiger partial charge in [0.1, 0.15) is 14.8 Å². The summed E-state index contributed by atoms with van der Waals surface area (Å²) in [4.78, 5) is 19.2. The van der Waals surface area contributed by atoms with Crippen LogP contribution in [0.15, 0.2) is 20.5 Å². The fraction of sp³-hybridized carbons (Fsp3) is 0.591.